The van der Waals surface area contributed by atoms with Crippen molar-refractivity contribution in [3.63, 3.8) is 0 Å². The van der Waals surface area contributed by atoms with Gasteiger partial charge in [0.2, 0.25) is 11.8 Å². The molecule has 0 fully saturated rings. The Kier molecular flexibility index (Phi) is 5.16. The first-order valence-electron chi connectivity index (χ1n) is 7.60. The summed E-state index contributed by atoms with van der Waals surface area (Å²) in [5, 5.41) is 5.51. The van der Waals surface area contributed by atoms with Crippen LogP contribution in [0.4, 0.5) is 5.69 Å². The Labute approximate surface area is 136 Å². The van der Waals surface area contributed by atoms with E-state index in [1.54, 1.807) is 0 Å². The van der Waals surface area contributed by atoms with Crippen LogP contribution in [-0.2, 0) is 9.59 Å². The van der Waals surface area contributed by atoms with Crippen molar-refractivity contribution in [1.82, 2.24) is 5.32 Å². The summed E-state index contributed by atoms with van der Waals surface area (Å²) in [4.78, 5) is 23.9. The number of rotatable bonds is 4. The molecule has 0 unspecified atom stereocenters. The van der Waals surface area contributed by atoms with Gasteiger partial charge in [0.05, 0.1) is 6.54 Å². The molecule has 2 amide bonds. The van der Waals surface area contributed by atoms with Crippen molar-refractivity contribution in [3.8, 4) is 11.1 Å². The van der Waals surface area contributed by atoms with Gasteiger partial charge < -0.3 is 10.6 Å². The lowest BCUT2D eigenvalue weighted by Gasteiger charge is -2.17. The molecule has 4 heteroatoms. The van der Waals surface area contributed by atoms with E-state index in [1.165, 1.54) is 0 Å². The quantitative estimate of drug-likeness (QED) is 0.908. The molecule has 0 bridgehead atoms. The maximum atomic E-state index is 12.1. The van der Waals surface area contributed by atoms with Gasteiger partial charge in [0, 0.05) is 16.7 Å². The van der Waals surface area contributed by atoms with Crippen molar-refractivity contribution >= 4 is 17.5 Å². The van der Waals surface area contributed by atoms with E-state index < -0.39 is 5.41 Å². The average Bonchev–Trinajstić information content (AvgIpc) is 2.53. The van der Waals surface area contributed by atoms with Crippen molar-refractivity contribution in [3.05, 3.63) is 54.6 Å². The molecule has 0 radical (unpaired) electrons. The highest BCUT2D eigenvalue weighted by Gasteiger charge is 2.21. The molecule has 0 aliphatic heterocycles. The van der Waals surface area contributed by atoms with Gasteiger partial charge in [0.15, 0.2) is 0 Å². The fourth-order valence-electron chi connectivity index (χ4n) is 2.08. The molecule has 0 heterocycles. The van der Waals surface area contributed by atoms with Crippen molar-refractivity contribution in [1.29, 1.82) is 0 Å². The van der Waals surface area contributed by atoms with E-state index in [9.17, 15) is 9.59 Å². The molecule has 2 N–H and O–H groups in total. The third kappa shape index (κ3) is 4.68. The van der Waals surface area contributed by atoms with E-state index in [-0.39, 0.29) is 18.4 Å². The SMILES string of the molecule is CC(C)(C)C(=O)NCC(=O)Nc1ccccc1-c1ccccc1. The standard InChI is InChI=1S/C19H22N2O2/c1-19(2,3)18(23)20-13-17(22)21-16-12-8-7-11-15(16)14-9-5-4-6-10-14/h4-12H,13H2,1-3H3,(H,20,23)(H,21,22). The van der Waals surface area contributed by atoms with Gasteiger partial charge in [-0.15, -0.1) is 0 Å². The number of hydrogen-bond acceptors (Lipinski definition) is 2. The number of carbonyl (C=O) groups is 2. The summed E-state index contributed by atoms with van der Waals surface area (Å²) in [6.45, 7) is 5.39. The molecule has 0 saturated heterocycles. The van der Waals surface area contributed by atoms with E-state index in [0.717, 1.165) is 16.8 Å². The van der Waals surface area contributed by atoms with Crippen LogP contribution in [0, 0.1) is 5.41 Å². The van der Waals surface area contributed by atoms with Crippen LogP contribution in [0.1, 0.15) is 20.8 Å². The predicted molar refractivity (Wildman–Crippen MR) is 93.0 cm³/mol. The summed E-state index contributed by atoms with van der Waals surface area (Å²) in [6, 6.07) is 17.5. The average molecular weight is 310 g/mol. The fourth-order valence-corrected chi connectivity index (χ4v) is 2.08. The Morgan fingerprint density at radius 3 is 2.17 bits per heavy atom. The van der Waals surface area contributed by atoms with Crippen LogP contribution in [0.15, 0.2) is 54.6 Å². The van der Waals surface area contributed by atoms with Crippen LogP contribution in [0.25, 0.3) is 11.1 Å². The highest BCUT2D eigenvalue weighted by molar-refractivity contribution is 5.98. The third-order valence-corrected chi connectivity index (χ3v) is 3.38. The topological polar surface area (TPSA) is 58.2 Å². The van der Waals surface area contributed by atoms with Gasteiger partial charge >= 0.3 is 0 Å². The Morgan fingerprint density at radius 2 is 1.52 bits per heavy atom. The number of carbonyl (C=O) groups excluding carboxylic acids is 2. The summed E-state index contributed by atoms with van der Waals surface area (Å²) in [6.07, 6.45) is 0. The molecule has 2 rings (SSSR count). The normalized spacial score (nSPS) is 10.9. The zero-order valence-corrected chi connectivity index (χ0v) is 13.7. The second-order valence-electron chi connectivity index (χ2n) is 6.39. The van der Waals surface area contributed by atoms with E-state index in [1.807, 2.05) is 75.4 Å². The molecule has 2 aromatic carbocycles. The molecule has 0 atom stereocenters. The van der Waals surface area contributed by atoms with Crippen molar-refractivity contribution in [2.75, 3.05) is 11.9 Å². The lowest BCUT2D eigenvalue weighted by atomic mass is 9.96. The van der Waals surface area contributed by atoms with Gasteiger partial charge in [0.1, 0.15) is 0 Å². The van der Waals surface area contributed by atoms with Gasteiger partial charge in [-0.05, 0) is 11.6 Å². The van der Waals surface area contributed by atoms with E-state index in [0.29, 0.717) is 0 Å². The summed E-state index contributed by atoms with van der Waals surface area (Å²) in [7, 11) is 0. The fraction of sp³-hybridized carbons (Fsp3) is 0.263. The number of anilines is 1. The van der Waals surface area contributed by atoms with Crippen LogP contribution >= 0.6 is 0 Å². The van der Waals surface area contributed by atoms with Gasteiger partial charge in [-0.25, -0.2) is 0 Å². The van der Waals surface area contributed by atoms with Gasteiger partial charge in [-0.3, -0.25) is 9.59 Å². The lowest BCUT2D eigenvalue weighted by molar-refractivity contribution is -0.130. The molecule has 4 nitrogen and oxygen atoms in total. The zero-order chi connectivity index (χ0) is 16.9. The lowest BCUT2D eigenvalue weighted by Crippen LogP contribution is -2.39. The maximum absolute atomic E-state index is 12.1. The van der Waals surface area contributed by atoms with Crippen LogP contribution in [0.5, 0.6) is 0 Å². The predicted octanol–water partition coefficient (Wildman–Crippen LogP) is 3.45. The van der Waals surface area contributed by atoms with E-state index >= 15 is 0 Å². The third-order valence-electron chi connectivity index (χ3n) is 3.38. The summed E-state index contributed by atoms with van der Waals surface area (Å²) in [5.74, 6) is -0.394. The zero-order valence-electron chi connectivity index (χ0n) is 13.7. The maximum Gasteiger partial charge on any atom is 0.243 e. The summed E-state index contributed by atoms with van der Waals surface area (Å²) in [5.41, 5.74) is 2.20. The first-order valence-corrected chi connectivity index (χ1v) is 7.60. The minimum atomic E-state index is -0.512. The van der Waals surface area contributed by atoms with Crippen molar-refractivity contribution in [2.45, 2.75) is 20.8 Å². The Balaban J connectivity index is 2.06. The summed E-state index contributed by atoms with van der Waals surface area (Å²) >= 11 is 0. The Bertz CT molecular complexity index is 688. The van der Waals surface area contributed by atoms with Gasteiger partial charge in [-0.1, -0.05) is 69.3 Å². The van der Waals surface area contributed by atoms with Crippen molar-refractivity contribution in [2.24, 2.45) is 5.41 Å². The van der Waals surface area contributed by atoms with Gasteiger partial charge in [0.25, 0.3) is 0 Å². The van der Waals surface area contributed by atoms with Crippen LogP contribution in [-0.4, -0.2) is 18.4 Å². The molecule has 0 aliphatic carbocycles. The summed E-state index contributed by atoms with van der Waals surface area (Å²) < 4.78 is 0. The molecule has 0 aliphatic rings. The molecule has 2 aromatic rings. The molecular formula is C19H22N2O2. The minimum Gasteiger partial charge on any atom is -0.347 e. The molecule has 0 spiro atoms. The smallest absolute Gasteiger partial charge is 0.243 e. The largest absolute Gasteiger partial charge is 0.347 e. The number of nitrogens with one attached hydrogen (secondary N) is 2. The second kappa shape index (κ2) is 7.09. The van der Waals surface area contributed by atoms with Crippen LogP contribution in [0.3, 0.4) is 0 Å². The number of hydrogen-bond donors (Lipinski definition) is 2. The van der Waals surface area contributed by atoms with Gasteiger partial charge in [-0.2, -0.15) is 0 Å². The highest BCUT2D eigenvalue weighted by atomic mass is 16.2. The Hall–Kier alpha value is -2.62. The number of benzene rings is 2. The molecule has 120 valence electrons. The number of para-hydroxylation sites is 1. The van der Waals surface area contributed by atoms with Crippen LogP contribution < -0.4 is 10.6 Å². The number of amides is 2. The highest BCUT2D eigenvalue weighted by Crippen LogP contribution is 2.27. The van der Waals surface area contributed by atoms with Crippen LogP contribution in [0.2, 0.25) is 0 Å². The minimum absolute atomic E-state index is 0.0424. The van der Waals surface area contributed by atoms with E-state index in [4.69, 9.17) is 0 Å². The monoisotopic (exact) mass is 310 g/mol. The van der Waals surface area contributed by atoms with Crippen molar-refractivity contribution < 1.29 is 9.59 Å². The molecular weight excluding hydrogens is 288 g/mol. The van der Waals surface area contributed by atoms with E-state index in [2.05, 4.69) is 10.6 Å². The Morgan fingerprint density at radius 1 is 0.913 bits per heavy atom. The second-order valence-corrected chi connectivity index (χ2v) is 6.39. The molecule has 23 heavy (non-hydrogen) atoms. The molecule has 0 aromatic heterocycles. The molecule has 0 saturated carbocycles. The first kappa shape index (κ1) is 16.7. The first-order chi connectivity index (χ1) is 10.9.